The third-order valence-electron chi connectivity index (χ3n) is 4.62. The van der Waals surface area contributed by atoms with Crippen molar-refractivity contribution in [1.82, 2.24) is 10.6 Å². The van der Waals surface area contributed by atoms with Crippen molar-refractivity contribution < 1.29 is 37.3 Å². The Morgan fingerprint density at radius 1 is 1.21 bits per heavy atom. The van der Waals surface area contributed by atoms with Crippen LogP contribution in [-0.2, 0) is 0 Å². The summed E-state index contributed by atoms with van der Waals surface area (Å²) in [6.45, 7) is 0. The molecule has 1 aliphatic rings. The molecule has 0 saturated carbocycles. The molecule has 0 aliphatic carbocycles. The zero-order valence-electron chi connectivity index (χ0n) is 15.2. The fourth-order valence-electron chi connectivity index (χ4n) is 3.33. The van der Waals surface area contributed by atoms with Crippen LogP contribution in [0.25, 0.3) is 0 Å². The van der Waals surface area contributed by atoms with E-state index in [1.807, 2.05) is 0 Å². The van der Waals surface area contributed by atoms with Crippen molar-refractivity contribution in [2.75, 3.05) is 14.2 Å². The summed E-state index contributed by atoms with van der Waals surface area (Å²) in [7, 11) is 2.61. The van der Waals surface area contributed by atoms with Gasteiger partial charge in [-0.2, -0.15) is 13.2 Å². The largest absolute Gasteiger partial charge is 0.493 e. The molecule has 1 aliphatic heterocycles. The van der Waals surface area contributed by atoms with E-state index in [2.05, 4.69) is 5.32 Å². The summed E-state index contributed by atoms with van der Waals surface area (Å²) in [6.07, 6.45) is -5.33. The van der Waals surface area contributed by atoms with Gasteiger partial charge in [-0.1, -0.05) is 18.2 Å². The van der Waals surface area contributed by atoms with Crippen LogP contribution in [0, 0.1) is 5.92 Å². The first-order chi connectivity index (χ1) is 13.6. The number of thiophene rings is 1. The molecule has 1 fully saturated rings. The molecule has 29 heavy (non-hydrogen) atoms. The Morgan fingerprint density at radius 3 is 2.48 bits per heavy atom. The van der Waals surface area contributed by atoms with Gasteiger partial charge in [-0.05, 0) is 17.5 Å². The summed E-state index contributed by atoms with van der Waals surface area (Å²) in [6, 6.07) is 4.40. The zero-order chi connectivity index (χ0) is 21.4. The fraction of sp³-hybridized carbons (Fsp3) is 0.333. The van der Waals surface area contributed by atoms with Gasteiger partial charge in [-0.25, -0.2) is 4.79 Å². The number of ketones is 1. The van der Waals surface area contributed by atoms with Crippen molar-refractivity contribution in [3.63, 3.8) is 0 Å². The predicted octanol–water partition coefficient (Wildman–Crippen LogP) is 2.87. The average Bonchev–Trinajstić information content (AvgIpc) is 3.20. The number of rotatable bonds is 5. The van der Waals surface area contributed by atoms with Crippen LogP contribution in [0.2, 0.25) is 0 Å². The number of carbonyl (C=O) groups is 2. The molecule has 156 valence electrons. The van der Waals surface area contributed by atoms with E-state index in [4.69, 9.17) is 9.47 Å². The second kappa shape index (κ2) is 7.56. The maximum atomic E-state index is 13.9. The van der Waals surface area contributed by atoms with E-state index in [1.165, 1.54) is 55.2 Å². The summed E-state index contributed by atoms with van der Waals surface area (Å²) < 4.78 is 52.0. The first kappa shape index (κ1) is 20.9. The Balaban J connectivity index is 2.23. The molecule has 0 unspecified atom stereocenters. The number of Topliss-reactive ketones (excluding diaryl/α,β-unsaturated/α-hetero) is 1. The fourth-order valence-corrected chi connectivity index (χ4v) is 4.03. The molecule has 1 saturated heterocycles. The molecule has 11 heteroatoms. The third-order valence-corrected chi connectivity index (χ3v) is 5.51. The highest BCUT2D eigenvalue weighted by molar-refractivity contribution is 7.12. The lowest BCUT2D eigenvalue weighted by molar-refractivity contribution is -0.287. The monoisotopic (exact) mass is 430 g/mol. The highest BCUT2D eigenvalue weighted by atomic mass is 32.1. The van der Waals surface area contributed by atoms with Crippen LogP contribution in [0.4, 0.5) is 18.0 Å². The lowest BCUT2D eigenvalue weighted by Crippen LogP contribution is -2.72. The number of carbonyl (C=O) groups excluding carboxylic acids is 2. The van der Waals surface area contributed by atoms with Crippen LogP contribution < -0.4 is 20.1 Å². The standard InChI is InChI=1S/C18H17F3N2O5S/c1-27-10-6-3-5-9(15(10)28-2)13-12(14(24)11-7-4-8-29-11)17(26,18(19,20)21)23-16(25)22-13/h3-8,12-13,26H,1-2H3,(H2,22,23,25)/t12-,13+,17-/m1/s1. The van der Waals surface area contributed by atoms with Crippen molar-refractivity contribution in [2.24, 2.45) is 5.92 Å². The Hall–Kier alpha value is -2.79. The number of urea groups is 1. The minimum Gasteiger partial charge on any atom is -0.493 e. The normalized spacial score (nSPS) is 24.4. The van der Waals surface area contributed by atoms with E-state index >= 15 is 0 Å². The van der Waals surface area contributed by atoms with Crippen LogP contribution in [0.15, 0.2) is 35.7 Å². The molecule has 3 atom stereocenters. The summed E-state index contributed by atoms with van der Waals surface area (Å²) in [5.41, 5.74) is -3.74. The highest BCUT2D eigenvalue weighted by Gasteiger charge is 2.66. The quantitative estimate of drug-likeness (QED) is 0.634. The first-order valence-corrected chi connectivity index (χ1v) is 9.18. The number of amides is 2. The van der Waals surface area contributed by atoms with Crippen molar-refractivity contribution >= 4 is 23.2 Å². The number of hydrogen-bond acceptors (Lipinski definition) is 6. The van der Waals surface area contributed by atoms with Crippen LogP contribution in [0.1, 0.15) is 21.3 Å². The van der Waals surface area contributed by atoms with Crippen LogP contribution >= 0.6 is 11.3 Å². The van der Waals surface area contributed by atoms with Gasteiger partial charge in [0.2, 0.25) is 5.72 Å². The number of benzene rings is 1. The van der Waals surface area contributed by atoms with Gasteiger partial charge in [0, 0.05) is 5.56 Å². The zero-order valence-corrected chi connectivity index (χ0v) is 16.1. The molecule has 1 aromatic carbocycles. The van der Waals surface area contributed by atoms with E-state index in [0.29, 0.717) is 0 Å². The van der Waals surface area contributed by atoms with Gasteiger partial charge in [-0.3, -0.25) is 4.79 Å². The minimum atomic E-state index is -5.33. The number of hydrogen-bond donors (Lipinski definition) is 3. The second-order valence-electron chi connectivity index (χ2n) is 6.24. The van der Waals surface area contributed by atoms with Gasteiger partial charge < -0.3 is 25.2 Å². The summed E-state index contributed by atoms with van der Waals surface area (Å²) in [5.74, 6) is -2.88. The lowest BCUT2D eigenvalue weighted by atomic mass is 9.78. The number of methoxy groups -OCH3 is 2. The van der Waals surface area contributed by atoms with Crippen LogP contribution in [0.3, 0.4) is 0 Å². The topological polar surface area (TPSA) is 96.9 Å². The molecule has 0 radical (unpaired) electrons. The maximum absolute atomic E-state index is 13.9. The molecule has 2 aromatic rings. The Bertz CT molecular complexity index is 919. The van der Waals surface area contributed by atoms with Crippen molar-refractivity contribution in [3.05, 3.63) is 46.2 Å². The Morgan fingerprint density at radius 2 is 1.93 bits per heavy atom. The summed E-state index contributed by atoms with van der Waals surface area (Å²) in [5, 5.41) is 15.9. The van der Waals surface area contributed by atoms with Gasteiger partial charge >= 0.3 is 12.2 Å². The smallest absolute Gasteiger partial charge is 0.437 e. The number of nitrogens with one attached hydrogen (secondary N) is 2. The van der Waals surface area contributed by atoms with Crippen molar-refractivity contribution in [2.45, 2.75) is 17.9 Å². The predicted molar refractivity (Wildman–Crippen MR) is 97.1 cm³/mol. The van der Waals surface area contributed by atoms with E-state index in [9.17, 15) is 27.9 Å². The van der Waals surface area contributed by atoms with Gasteiger partial charge in [0.15, 0.2) is 17.3 Å². The molecular formula is C18H17F3N2O5S. The molecule has 2 amide bonds. The maximum Gasteiger partial charge on any atom is 0.437 e. The molecule has 2 heterocycles. The Labute approximate surface area is 167 Å². The molecule has 1 aromatic heterocycles. The number of ether oxygens (including phenoxy) is 2. The van der Waals surface area contributed by atoms with E-state index in [-0.39, 0.29) is 21.9 Å². The van der Waals surface area contributed by atoms with E-state index in [0.717, 1.165) is 11.3 Å². The van der Waals surface area contributed by atoms with Crippen molar-refractivity contribution in [1.29, 1.82) is 0 Å². The van der Waals surface area contributed by atoms with Crippen molar-refractivity contribution in [3.8, 4) is 11.5 Å². The summed E-state index contributed by atoms with van der Waals surface area (Å²) in [4.78, 5) is 25.1. The Kier molecular flexibility index (Phi) is 5.46. The van der Waals surface area contributed by atoms with E-state index < -0.39 is 35.7 Å². The molecule has 7 nitrogen and oxygen atoms in total. The number of aliphatic hydroxyl groups is 1. The van der Waals surface area contributed by atoms with Crippen LogP contribution in [0.5, 0.6) is 11.5 Å². The SMILES string of the molecule is COc1cccc([C@@H]2NC(=O)N[C@](O)(C(F)(F)F)[C@H]2C(=O)c2cccs2)c1OC. The second-order valence-corrected chi connectivity index (χ2v) is 7.19. The summed E-state index contributed by atoms with van der Waals surface area (Å²) >= 11 is 0.927. The van der Waals surface area contributed by atoms with Gasteiger partial charge in [0.1, 0.15) is 5.92 Å². The molecule has 0 spiro atoms. The average molecular weight is 430 g/mol. The molecular weight excluding hydrogens is 413 g/mol. The van der Waals surface area contributed by atoms with Gasteiger partial charge in [0.25, 0.3) is 0 Å². The van der Waals surface area contributed by atoms with Gasteiger partial charge in [-0.15, -0.1) is 11.3 Å². The number of halogens is 3. The first-order valence-electron chi connectivity index (χ1n) is 8.30. The van der Waals surface area contributed by atoms with E-state index in [1.54, 1.807) is 0 Å². The minimum absolute atomic E-state index is 0.00230. The number of alkyl halides is 3. The lowest BCUT2D eigenvalue weighted by Gasteiger charge is -2.45. The van der Waals surface area contributed by atoms with Crippen LogP contribution in [-0.4, -0.2) is 43.0 Å². The third kappa shape index (κ3) is 3.51. The highest BCUT2D eigenvalue weighted by Crippen LogP contribution is 2.47. The number of para-hydroxylation sites is 1. The molecule has 3 rings (SSSR count). The molecule has 3 N–H and O–H groups in total. The molecule has 0 bridgehead atoms. The van der Waals surface area contributed by atoms with Gasteiger partial charge in [0.05, 0.1) is 25.1 Å².